The van der Waals surface area contributed by atoms with Gasteiger partial charge in [-0.2, -0.15) is 0 Å². The normalized spacial score (nSPS) is 10.8. The summed E-state index contributed by atoms with van der Waals surface area (Å²) >= 11 is 5.80. The van der Waals surface area contributed by atoms with Gasteiger partial charge < -0.3 is 14.8 Å². The Morgan fingerprint density at radius 1 is 1.37 bits per heavy atom. The van der Waals surface area contributed by atoms with E-state index >= 15 is 0 Å². The van der Waals surface area contributed by atoms with Crippen molar-refractivity contribution < 1.29 is 18.7 Å². The molecule has 0 aromatic heterocycles. The third-order valence-corrected chi connectivity index (χ3v) is 2.64. The standard InChI is InChI=1S/C13H17ClFNO3/c1-3-18-11(19-4-2)8-16-13(17)12-9(14)6-5-7-10(12)15/h5-7,11H,3-4,8H2,1-2H3,(H,16,17). The SMILES string of the molecule is CCOC(CNC(=O)c1c(F)cccc1Cl)OCC. The van der Waals surface area contributed by atoms with Crippen LogP contribution in [0.2, 0.25) is 5.02 Å². The molecule has 0 unspecified atom stereocenters. The van der Waals surface area contributed by atoms with E-state index in [2.05, 4.69) is 5.32 Å². The Bertz CT molecular complexity index is 402. The highest BCUT2D eigenvalue weighted by atomic mass is 35.5. The van der Waals surface area contributed by atoms with Gasteiger partial charge in [0.15, 0.2) is 6.29 Å². The number of ether oxygens (including phenoxy) is 2. The maximum absolute atomic E-state index is 13.5. The summed E-state index contributed by atoms with van der Waals surface area (Å²) in [5.74, 6) is -1.25. The lowest BCUT2D eigenvalue weighted by molar-refractivity contribution is -0.131. The minimum absolute atomic E-state index is 0.0712. The molecule has 4 nitrogen and oxygen atoms in total. The van der Waals surface area contributed by atoms with Crippen molar-refractivity contribution in [1.82, 2.24) is 5.32 Å². The van der Waals surface area contributed by atoms with Crippen molar-refractivity contribution in [3.8, 4) is 0 Å². The molecule has 0 saturated heterocycles. The van der Waals surface area contributed by atoms with E-state index in [1.165, 1.54) is 18.2 Å². The Kier molecular flexibility index (Phi) is 6.77. The minimum Gasteiger partial charge on any atom is -0.351 e. The second-order valence-electron chi connectivity index (χ2n) is 3.65. The van der Waals surface area contributed by atoms with Crippen LogP contribution in [0.3, 0.4) is 0 Å². The highest BCUT2D eigenvalue weighted by molar-refractivity contribution is 6.33. The molecule has 19 heavy (non-hydrogen) atoms. The fourth-order valence-corrected chi connectivity index (χ4v) is 1.77. The highest BCUT2D eigenvalue weighted by Crippen LogP contribution is 2.18. The number of hydrogen-bond donors (Lipinski definition) is 1. The van der Waals surface area contributed by atoms with Gasteiger partial charge in [-0.1, -0.05) is 17.7 Å². The third-order valence-electron chi connectivity index (χ3n) is 2.32. The van der Waals surface area contributed by atoms with Gasteiger partial charge in [-0.25, -0.2) is 4.39 Å². The van der Waals surface area contributed by atoms with E-state index in [0.717, 1.165) is 0 Å². The maximum Gasteiger partial charge on any atom is 0.255 e. The van der Waals surface area contributed by atoms with Gasteiger partial charge in [0.2, 0.25) is 0 Å². The molecule has 0 saturated carbocycles. The zero-order chi connectivity index (χ0) is 14.3. The van der Waals surface area contributed by atoms with Crippen LogP contribution in [0.1, 0.15) is 24.2 Å². The van der Waals surface area contributed by atoms with E-state index in [0.29, 0.717) is 13.2 Å². The first kappa shape index (κ1) is 15.9. The fourth-order valence-electron chi connectivity index (χ4n) is 1.52. The van der Waals surface area contributed by atoms with Crippen LogP contribution >= 0.6 is 11.6 Å². The summed E-state index contributed by atoms with van der Waals surface area (Å²) in [5, 5.41) is 2.61. The first-order chi connectivity index (χ1) is 9.10. The molecule has 106 valence electrons. The van der Waals surface area contributed by atoms with Gasteiger partial charge in [0.25, 0.3) is 5.91 Å². The predicted octanol–water partition coefficient (Wildman–Crippen LogP) is 2.61. The van der Waals surface area contributed by atoms with Crippen LogP contribution in [-0.2, 0) is 9.47 Å². The van der Waals surface area contributed by atoms with E-state index in [4.69, 9.17) is 21.1 Å². The Labute approximate surface area is 116 Å². The summed E-state index contributed by atoms with van der Waals surface area (Å²) in [6.45, 7) is 4.69. The van der Waals surface area contributed by atoms with E-state index in [1.54, 1.807) is 0 Å². The van der Waals surface area contributed by atoms with Crippen LogP contribution in [0.25, 0.3) is 0 Å². The monoisotopic (exact) mass is 289 g/mol. The van der Waals surface area contributed by atoms with Crippen LogP contribution in [0.5, 0.6) is 0 Å². The molecular formula is C13H17ClFNO3. The molecule has 1 aromatic rings. The van der Waals surface area contributed by atoms with Crippen LogP contribution in [0.4, 0.5) is 4.39 Å². The number of amides is 1. The number of hydrogen-bond acceptors (Lipinski definition) is 3. The lowest BCUT2D eigenvalue weighted by Gasteiger charge is -2.17. The topological polar surface area (TPSA) is 47.6 Å². The summed E-state index contributed by atoms with van der Waals surface area (Å²) in [4.78, 5) is 11.9. The van der Waals surface area contributed by atoms with Gasteiger partial charge in [0.1, 0.15) is 5.82 Å². The fraction of sp³-hybridized carbons (Fsp3) is 0.462. The van der Waals surface area contributed by atoms with Gasteiger partial charge in [0.05, 0.1) is 17.1 Å². The summed E-state index contributed by atoms with van der Waals surface area (Å²) < 4.78 is 24.0. The molecule has 0 atom stereocenters. The maximum atomic E-state index is 13.5. The Morgan fingerprint density at radius 3 is 2.53 bits per heavy atom. The van der Waals surface area contributed by atoms with Crippen LogP contribution in [-0.4, -0.2) is 32.0 Å². The van der Waals surface area contributed by atoms with Crippen molar-refractivity contribution in [3.63, 3.8) is 0 Å². The summed E-state index contributed by atoms with van der Waals surface area (Å²) in [7, 11) is 0. The second kappa shape index (κ2) is 8.09. The molecular weight excluding hydrogens is 273 g/mol. The Hall–Kier alpha value is -1.17. The molecule has 0 aliphatic carbocycles. The molecule has 1 aromatic carbocycles. The molecule has 0 spiro atoms. The highest BCUT2D eigenvalue weighted by Gasteiger charge is 2.17. The summed E-state index contributed by atoms with van der Waals surface area (Å²) in [6.07, 6.45) is -0.551. The van der Waals surface area contributed by atoms with Crippen LogP contribution < -0.4 is 5.32 Å². The molecule has 0 heterocycles. The predicted molar refractivity (Wildman–Crippen MR) is 70.8 cm³/mol. The average molecular weight is 290 g/mol. The van der Waals surface area contributed by atoms with Crippen molar-refractivity contribution in [2.45, 2.75) is 20.1 Å². The lowest BCUT2D eigenvalue weighted by atomic mass is 10.2. The number of halogens is 2. The van der Waals surface area contributed by atoms with E-state index in [9.17, 15) is 9.18 Å². The molecule has 0 aliphatic heterocycles. The first-order valence-corrected chi connectivity index (χ1v) is 6.43. The minimum atomic E-state index is -0.658. The molecule has 0 radical (unpaired) electrons. The largest absolute Gasteiger partial charge is 0.351 e. The quantitative estimate of drug-likeness (QED) is 0.785. The summed E-state index contributed by atoms with van der Waals surface area (Å²) in [6, 6.07) is 4.09. The molecule has 0 aliphatic rings. The van der Waals surface area contributed by atoms with Gasteiger partial charge in [-0.3, -0.25) is 4.79 Å². The number of benzene rings is 1. The van der Waals surface area contributed by atoms with Gasteiger partial charge in [-0.05, 0) is 26.0 Å². The number of carbonyl (C=O) groups is 1. The Balaban J connectivity index is 2.64. The lowest BCUT2D eigenvalue weighted by Crippen LogP contribution is -2.35. The smallest absolute Gasteiger partial charge is 0.255 e. The van der Waals surface area contributed by atoms with Crippen molar-refractivity contribution in [1.29, 1.82) is 0 Å². The summed E-state index contributed by atoms with van der Waals surface area (Å²) in [5.41, 5.74) is -0.170. The molecule has 1 amide bonds. The molecule has 0 bridgehead atoms. The van der Waals surface area contributed by atoms with Crippen molar-refractivity contribution in [2.24, 2.45) is 0 Å². The molecule has 1 N–H and O–H groups in total. The van der Waals surface area contributed by atoms with E-state index in [-0.39, 0.29) is 17.1 Å². The molecule has 0 fully saturated rings. The first-order valence-electron chi connectivity index (χ1n) is 6.05. The molecule has 6 heteroatoms. The molecule has 1 rings (SSSR count). The van der Waals surface area contributed by atoms with Crippen molar-refractivity contribution in [3.05, 3.63) is 34.6 Å². The number of carbonyl (C=O) groups excluding carboxylic acids is 1. The van der Waals surface area contributed by atoms with Crippen molar-refractivity contribution in [2.75, 3.05) is 19.8 Å². The third kappa shape index (κ3) is 4.78. The van der Waals surface area contributed by atoms with E-state index in [1.807, 2.05) is 13.8 Å². The zero-order valence-electron chi connectivity index (χ0n) is 10.9. The van der Waals surface area contributed by atoms with E-state index < -0.39 is 18.0 Å². The van der Waals surface area contributed by atoms with Gasteiger partial charge in [0, 0.05) is 13.2 Å². The number of nitrogens with one attached hydrogen (secondary N) is 1. The number of rotatable bonds is 7. The van der Waals surface area contributed by atoms with Gasteiger partial charge in [-0.15, -0.1) is 0 Å². The van der Waals surface area contributed by atoms with Crippen molar-refractivity contribution >= 4 is 17.5 Å². The average Bonchev–Trinajstić information content (AvgIpc) is 2.36. The van der Waals surface area contributed by atoms with Gasteiger partial charge >= 0.3 is 0 Å². The van der Waals surface area contributed by atoms with Crippen LogP contribution in [0, 0.1) is 5.82 Å². The Morgan fingerprint density at radius 2 is 2.00 bits per heavy atom. The second-order valence-corrected chi connectivity index (χ2v) is 4.05. The van der Waals surface area contributed by atoms with Crippen LogP contribution in [0.15, 0.2) is 18.2 Å². The zero-order valence-corrected chi connectivity index (χ0v) is 11.7.